The van der Waals surface area contributed by atoms with Gasteiger partial charge in [0, 0.05) is 6.08 Å². The van der Waals surface area contributed by atoms with E-state index in [9.17, 15) is 22.8 Å². The molecule has 0 heterocycles. The van der Waals surface area contributed by atoms with Gasteiger partial charge >= 0.3 is 22.1 Å². The number of nitrogens with one attached hydrogen (secondary N) is 1. The summed E-state index contributed by atoms with van der Waals surface area (Å²) in [6, 6.07) is 0. The van der Waals surface area contributed by atoms with Crippen LogP contribution in [0.2, 0.25) is 0 Å². The molecule has 18 heavy (non-hydrogen) atoms. The Morgan fingerprint density at radius 3 is 2.00 bits per heavy atom. The molecule has 0 aliphatic rings. The second-order valence-corrected chi connectivity index (χ2v) is 4.00. The molecule has 0 aromatic carbocycles. The molecule has 0 radical (unpaired) electrons. The van der Waals surface area contributed by atoms with Crippen LogP contribution in [0.5, 0.6) is 0 Å². The Labute approximate surface area is 104 Å². The van der Waals surface area contributed by atoms with E-state index in [1.807, 2.05) is 0 Å². The second-order valence-electron chi connectivity index (χ2n) is 2.39. The number of hydrogen-bond donors (Lipinski definition) is 2. The van der Waals surface area contributed by atoms with Gasteiger partial charge < -0.3 is 9.84 Å². The van der Waals surface area contributed by atoms with Crippen molar-refractivity contribution in [2.75, 3.05) is 6.61 Å². The van der Waals surface area contributed by atoms with Crippen LogP contribution in [0, 0.1) is 0 Å². The first-order valence-electron chi connectivity index (χ1n) is 4.42. The van der Waals surface area contributed by atoms with Gasteiger partial charge in [0.25, 0.3) is 5.12 Å². The number of ether oxygens (including phenoxy) is 1. The zero-order valence-electron chi connectivity index (χ0n) is 9.58. The molecule has 0 fully saturated rings. The lowest BCUT2D eigenvalue weighted by atomic mass is 10.7. The Bertz CT molecular complexity index is 438. The summed E-state index contributed by atoms with van der Waals surface area (Å²) in [4.78, 5) is 30.4. The third-order valence-corrected chi connectivity index (χ3v) is 2.23. The third-order valence-electron chi connectivity index (χ3n) is 1.10. The van der Waals surface area contributed by atoms with E-state index >= 15 is 0 Å². The number of aliphatic carboxylic acids is 1. The van der Waals surface area contributed by atoms with E-state index in [2.05, 4.69) is 17.9 Å². The van der Waals surface area contributed by atoms with Crippen LogP contribution in [0.15, 0.2) is 25.3 Å². The third kappa shape index (κ3) is 9.09. The maximum absolute atomic E-state index is 10.8. The monoisotopic (exact) mass is 279 g/mol. The van der Waals surface area contributed by atoms with Crippen molar-refractivity contribution in [1.29, 1.82) is 0 Å². The molecule has 9 heteroatoms. The molecule has 0 aliphatic heterocycles. The number of amides is 1. The van der Waals surface area contributed by atoms with E-state index in [0.717, 1.165) is 6.08 Å². The molecule has 2 N–H and O–H groups in total. The van der Waals surface area contributed by atoms with Crippen molar-refractivity contribution in [3.8, 4) is 0 Å². The summed E-state index contributed by atoms with van der Waals surface area (Å²) in [6.45, 7) is 7.44. The van der Waals surface area contributed by atoms with E-state index in [4.69, 9.17) is 5.11 Å². The van der Waals surface area contributed by atoms with Crippen molar-refractivity contribution in [3.05, 3.63) is 25.3 Å². The van der Waals surface area contributed by atoms with Gasteiger partial charge in [-0.15, -0.1) is 0 Å². The molecule has 0 saturated heterocycles. The van der Waals surface area contributed by atoms with Crippen molar-refractivity contribution < 1.29 is 32.6 Å². The zero-order chi connectivity index (χ0) is 14.8. The molecule has 0 spiro atoms. The Hall–Kier alpha value is -2.16. The fourth-order valence-corrected chi connectivity index (χ4v) is 1.03. The summed E-state index contributed by atoms with van der Waals surface area (Å²) in [5.74, 6) is -0.981. The van der Waals surface area contributed by atoms with Crippen molar-refractivity contribution in [3.63, 3.8) is 0 Å². The van der Waals surface area contributed by atoms with Gasteiger partial charge in [0.05, 0.1) is 6.61 Å². The molecule has 0 aliphatic carbocycles. The molecule has 8 nitrogen and oxygen atoms in total. The smallest absolute Gasteiger partial charge is 0.421 e. The summed E-state index contributed by atoms with van der Waals surface area (Å²) in [7, 11) is -4.31. The maximum atomic E-state index is 10.8. The normalized spacial score (nSPS) is 9.17. The van der Waals surface area contributed by atoms with Crippen molar-refractivity contribution in [2.24, 2.45) is 0 Å². The van der Waals surface area contributed by atoms with Crippen LogP contribution in [0.4, 0.5) is 4.79 Å². The topological polar surface area (TPSA) is 127 Å². The summed E-state index contributed by atoms with van der Waals surface area (Å²) in [5, 5.41) is 6.33. The maximum Gasteiger partial charge on any atom is 0.421 e. The highest BCUT2D eigenvalue weighted by atomic mass is 32.2. The fraction of sp³-hybridized carbons (Fsp3) is 0.222. The Morgan fingerprint density at radius 2 is 1.72 bits per heavy atom. The highest BCUT2D eigenvalue weighted by Gasteiger charge is 2.21. The predicted octanol–water partition coefficient (Wildman–Crippen LogP) is 0.0319. The molecule has 0 unspecified atom stereocenters. The van der Waals surface area contributed by atoms with Crippen LogP contribution in [0.25, 0.3) is 0 Å². The molecule has 0 aromatic heterocycles. The van der Waals surface area contributed by atoms with Gasteiger partial charge in [-0.2, -0.15) is 8.42 Å². The Morgan fingerprint density at radius 1 is 1.28 bits per heavy atom. The first-order chi connectivity index (χ1) is 8.21. The summed E-state index contributed by atoms with van der Waals surface area (Å²) >= 11 is 0. The zero-order valence-corrected chi connectivity index (χ0v) is 10.4. The number of carbonyl (C=O) groups excluding carboxylic acids is 2. The average molecular weight is 279 g/mol. The van der Waals surface area contributed by atoms with Gasteiger partial charge in [-0.05, 0) is 13.0 Å². The lowest BCUT2D eigenvalue weighted by Crippen LogP contribution is -2.35. The first kappa shape index (κ1) is 18.2. The van der Waals surface area contributed by atoms with Gasteiger partial charge in [-0.25, -0.2) is 14.3 Å². The summed E-state index contributed by atoms with van der Waals surface area (Å²) in [6.07, 6.45) is 0.236. The number of carboxylic acid groups (broad SMARTS) is 1. The molecule has 0 saturated carbocycles. The SMILES string of the molecule is C=CC(=O)O.C=CC(=O)S(=O)(=O)NC(=O)OCC. The number of rotatable bonds is 3. The van der Waals surface area contributed by atoms with Crippen molar-refractivity contribution in [1.82, 2.24) is 4.72 Å². The molecule has 0 rings (SSSR count). The quantitative estimate of drug-likeness (QED) is 0.698. The summed E-state index contributed by atoms with van der Waals surface area (Å²) in [5.41, 5.74) is 0. The van der Waals surface area contributed by atoms with Gasteiger partial charge in [0.1, 0.15) is 0 Å². The minimum Gasteiger partial charge on any atom is -0.478 e. The first-order valence-corrected chi connectivity index (χ1v) is 5.90. The van der Waals surface area contributed by atoms with E-state index < -0.39 is 27.2 Å². The van der Waals surface area contributed by atoms with Gasteiger partial charge in [0.2, 0.25) is 0 Å². The lowest BCUT2D eigenvalue weighted by Gasteiger charge is -2.02. The molecule has 0 aromatic rings. The predicted molar refractivity (Wildman–Crippen MR) is 62.1 cm³/mol. The minimum atomic E-state index is -4.31. The van der Waals surface area contributed by atoms with E-state index in [0.29, 0.717) is 6.08 Å². The van der Waals surface area contributed by atoms with Crippen LogP contribution in [-0.4, -0.2) is 37.3 Å². The standard InChI is InChI=1S/C6H9NO5S.C3H4O2/c1-3-5(8)13(10,11)7-6(9)12-4-2;1-2-3(4)5/h3H,1,4H2,2H3,(H,7,9);2H,1H2,(H,4,5). The van der Waals surface area contributed by atoms with Crippen LogP contribution in [0.1, 0.15) is 6.92 Å². The molecular weight excluding hydrogens is 266 g/mol. The number of hydrogen-bond acceptors (Lipinski definition) is 6. The fourth-order valence-electron chi connectivity index (χ4n) is 0.430. The minimum absolute atomic E-state index is 0.0175. The van der Waals surface area contributed by atoms with Gasteiger partial charge in [-0.1, -0.05) is 13.2 Å². The Balaban J connectivity index is 0. The van der Waals surface area contributed by atoms with Crippen molar-refractivity contribution in [2.45, 2.75) is 6.92 Å². The average Bonchev–Trinajstić information content (AvgIpc) is 2.28. The largest absolute Gasteiger partial charge is 0.478 e. The molecule has 0 atom stereocenters. The van der Waals surface area contributed by atoms with Gasteiger partial charge in [0.15, 0.2) is 0 Å². The highest BCUT2D eigenvalue weighted by molar-refractivity contribution is 8.05. The molecule has 0 bridgehead atoms. The van der Waals surface area contributed by atoms with Gasteiger partial charge in [-0.3, -0.25) is 4.79 Å². The van der Waals surface area contributed by atoms with Crippen LogP contribution in [-0.2, 0) is 24.3 Å². The molecule has 102 valence electrons. The lowest BCUT2D eigenvalue weighted by molar-refractivity contribution is -0.131. The van der Waals surface area contributed by atoms with Crippen molar-refractivity contribution >= 4 is 27.2 Å². The van der Waals surface area contributed by atoms with E-state index in [-0.39, 0.29) is 6.61 Å². The van der Waals surface area contributed by atoms with E-state index in [1.54, 1.807) is 0 Å². The second kappa shape index (κ2) is 8.93. The number of sulfonamides is 1. The molecule has 1 amide bonds. The van der Waals surface area contributed by atoms with Crippen LogP contribution >= 0.6 is 0 Å². The van der Waals surface area contributed by atoms with Crippen LogP contribution < -0.4 is 4.72 Å². The Kier molecular flexibility index (Phi) is 9.04. The highest BCUT2D eigenvalue weighted by Crippen LogP contribution is 1.89. The van der Waals surface area contributed by atoms with E-state index in [1.165, 1.54) is 11.6 Å². The number of carbonyl (C=O) groups is 3. The summed E-state index contributed by atoms with van der Waals surface area (Å²) < 4.78 is 27.3. The molecular formula is C9H13NO7S. The van der Waals surface area contributed by atoms with Crippen LogP contribution in [0.3, 0.4) is 0 Å². The number of carboxylic acids is 1.